The minimum absolute atomic E-state index is 0.153. The third-order valence-corrected chi connectivity index (χ3v) is 7.46. The molecule has 1 aliphatic heterocycles. The number of carbonyl (C=O) groups excluding carboxylic acids is 2. The Bertz CT molecular complexity index is 1530. The first-order chi connectivity index (χ1) is 20.7. The number of pyridine rings is 1. The summed E-state index contributed by atoms with van der Waals surface area (Å²) in [6.45, 7) is 1.54. The summed E-state index contributed by atoms with van der Waals surface area (Å²) in [5.74, 6) is 0.311. The minimum atomic E-state index is -4.81. The maximum Gasteiger partial charge on any atom is 0.573 e. The molecule has 0 saturated carbocycles. The molecule has 4 heterocycles. The highest BCUT2D eigenvalue weighted by atomic mass is 32.1. The van der Waals surface area contributed by atoms with Gasteiger partial charge in [-0.15, -0.1) is 33.6 Å². The summed E-state index contributed by atoms with van der Waals surface area (Å²) in [6, 6.07) is 14.1. The molecule has 1 aromatic carbocycles. The maximum atomic E-state index is 12.4. The molecule has 224 valence electrons. The van der Waals surface area contributed by atoms with Crippen LogP contribution < -0.4 is 20.3 Å². The minimum Gasteiger partial charge on any atom is -0.406 e. The van der Waals surface area contributed by atoms with E-state index in [1.165, 1.54) is 35.6 Å². The Kier molecular flexibility index (Phi) is 9.39. The molecule has 4 aromatic rings. The molecular formula is C28H27F3N8O3S. The van der Waals surface area contributed by atoms with Gasteiger partial charge in [0, 0.05) is 31.4 Å². The van der Waals surface area contributed by atoms with Crippen LogP contribution in [0.3, 0.4) is 0 Å². The standard InChI is InChI=1S/C28H27F3N8O3S/c29-28(30,31)42-21-6-3-4-19(14-21)15-24(40)33-22-7-8-23(36-35-22)39-12-9-18(10-13-39)16-26-37-38-27(43-26)34-25(41)17-20-5-1-2-11-32-20/h1-8,11,14,18H,9-10,12-13,15-17H2,(H,33,35,40)(H,34,38,41). The second kappa shape index (κ2) is 13.5. The third kappa shape index (κ3) is 9.16. The second-order valence-corrected chi connectivity index (χ2v) is 10.9. The van der Waals surface area contributed by atoms with Gasteiger partial charge in [0.2, 0.25) is 16.9 Å². The predicted octanol–water partition coefficient (Wildman–Crippen LogP) is 4.44. The van der Waals surface area contributed by atoms with Crippen LogP contribution in [0.1, 0.15) is 29.1 Å². The summed E-state index contributed by atoms with van der Waals surface area (Å²) < 4.78 is 41.2. The number of alkyl halides is 3. The molecular weight excluding hydrogens is 585 g/mol. The largest absolute Gasteiger partial charge is 0.573 e. The zero-order chi connectivity index (χ0) is 30.2. The number of anilines is 3. The van der Waals surface area contributed by atoms with E-state index in [-0.39, 0.29) is 30.3 Å². The van der Waals surface area contributed by atoms with Crippen LogP contribution in [0.4, 0.5) is 29.9 Å². The quantitative estimate of drug-likeness (QED) is 0.266. The SMILES string of the molecule is O=C(Cc1cccc(OC(F)(F)F)c1)Nc1ccc(N2CCC(Cc3nnc(NC(=O)Cc4ccccn4)s3)CC2)nn1. The first-order valence-electron chi connectivity index (χ1n) is 13.4. The van der Waals surface area contributed by atoms with Crippen molar-refractivity contribution in [3.05, 3.63) is 77.1 Å². The average molecular weight is 613 g/mol. The molecule has 0 bridgehead atoms. The van der Waals surface area contributed by atoms with Crippen LogP contribution in [0.5, 0.6) is 5.75 Å². The monoisotopic (exact) mass is 612 g/mol. The number of ether oxygens (including phenoxy) is 1. The van der Waals surface area contributed by atoms with Crippen molar-refractivity contribution < 1.29 is 27.5 Å². The van der Waals surface area contributed by atoms with Crippen molar-refractivity contribution in [2.24, 2.45) is 5.92 Å². The molecule has 2 N–H and O–H groups in total. The maximum absolute atomic E-state index is 12.4. The number of halogens is 3. The van der Waals surface area contributed by atoms with E-state index in [0.717, 1.165) is 37.4 Å². The number of piperidine rings is 1. The lowest BCUT2D eigenvalue weighted by Gasteiger charge is -2.32. The number of rotatable bonds is 10. The second-order valence-electron chi connectivity index (χ2n) is 9.88. The normalized spacial score (nSPS) is 13.9. The van der Waals surface area contributed by atoms with Crippen molar-refractivity contribution in [1.29, 1.82) is 0 Å². The summed E-state index contributed by atoms with van der Waals surface area (Å²) in [5, 5.41) is 23.4. The van der Waals surface area contributed by atoms with Crippen LogP contribution in [-0.2, 0) is 28.9 Å². The summed E-state index contributed by atoms with van der Waals surface area (Å²) in [5.41, 5.74) is 1.05. The fourth-order valence-corrected chi connectivity index (χ4v) is 5.49. The third-order valence-electron chi connectivity index (χ3n) is 6.60. The Morgan fingerprint density at radius 1 is 0.930 bits per heavy atom. The molecule has 1 saturated heterocycles. The van der Waals surface area contributed by atoms with Gasteiger partial charge in [0.05, 0.1) is 12.8 Å². The van der Waals surface area contributed by atoms with Gasteiger partial charge in [-0.1, -0.05) is 29.5 Å². The molecule has 3 aromatic heterocycles. The van der Waals surface area contributed by atoms with Crippen molar-refractivity contribution in [1.82, 2.24) is 25.4 Å². The van der Waals surface area contributed by atoms with Crippen molar-refractivity contribution in [3.8, 4) is 5.75 Å². The van der Waals surface area contributed by atoms with Gasteiger partial charge in [0.1, 0.15) is 10.8 Å². The van der Waals surface area contributed by atoms with Crippen molar-refractivity contribution in [2.45, 2.75) is 38.5 Å². The molecule has 0 atom stereocenters. The molecule has 1 aliphatic rings. The number of hydrogen-bond donors (Lipinski definition) is 2. The van der Waals surface area contributed by atoms with Crippen LogP contribution in [0.25, 0.3) is 0 Å². The Hall–Kier alpha value is -4.66. The van der Waals surface area contributed by atoms with E-state index in [2.05, 4.69) is 45.6 Å². The summed E-state index contributed by atoms with van der Waals surface area (Å²) in [7, 11) is 0. The summed E-state index contributed by atoms with van der Waals surface area (Å²) >= 11 is 1.38. The van der Waals surface area contributed by atoms with Gasteiger partial charge in [-0.2, -0.15) is 0 Å². The number of aromatic nitrogens is 5. The van der Waals surface area contributed by atoms with E-state index >= 15 is 0 Å². The van der Waals surface area contributed by atoms with Gasteiger partial charge in [-0.05, 0) is 60.7 Å². The Morgan fingerprint density at radius 3 is 2.47 bits per heavy atom. The number of amides is 2. The zero-order valence-corrected chi connectivity index (χ0v) is 23.6. The van der Waals surface area contributed by atoms with Crippen molar-refractivity contribution in [2.75, 3.05) is 28.6 Å². The van der Waals surface area contributed by atoms with E-state index < -0.39 is 12.3 Å². The van der Waals surface area contributed by atoms with Gasteiger partial charge in [0.15, 0.2) is 11.6 Å². The molecule has 1 fully saturated rings. The van der Waals surface area contributed by atoms with E-state index in [0.29, 0.717) is 28.1 Å². The molecule has 0 spiro atoms. The van der Waals surface area contributed by atoms with Gasteiger partial charge in [0.25, 0.3) is 0 Å². The lowest BCUT2D eigenvalue weighted by Crippen LogP contribution is -2.35. The molecule has 43 heavy (non-hydrogen) atoms. The number of benzene rings is 1. The van der Waals surface area contributed by atoms with Crippen molar-refractivity contribution >= 4 is 39.9 Å². The number of carbonyl (C=O) groups is 2. The van der Waals surface area contributed by atoms with Crippen LogP contribution in [0.15, 0.2) is 60.8 Å². The van der Waals surface area contributed by atoms with Crippen LogP contribution >= 0.6 is 11.3 Å². The van der Waals surface area contributed by atoms with E-state index in [4.69, 9.17) is 0 Å². The molecule has 2 amide bonds. The zero-order valence-electron chi connectivity index (χ0n) is 22.8. The summed E-state index contributed by atoms with van der Waals surface area (Å²) in [4.78, 5) is 30.9. The molecule has 0 aliphatic carbocycles. The van der Waals surface area contributed by atoms with Crippen LogP contribution in [-0.4, -0.2) is 56.6 Å². The predicted molar refractivity (Wildman–Crippen MR) is 153 cm³/mol. The highest BCUT2D eigenvalue weighted by Crippen LogP contribution is 2.27. The first-order valence-corrected chi connectivity index (χ1v) is 14.3. The highest BCUT2D eigenvalue weighted by molar-refractivity contribution is 7.15. The van der Waals surface area contributed by atoms with Crippen LogP contribution in [0, 0.1) is 5.92 Å². The van der Waals surface area contributed by atoms with E-state index in [9.17, 15) is 22.8 Å². The lowest BCUT2D eigenvalue weighted by atomic mass is 9.94. The molecule has 0 unspecified atom stereocenters. The molecule has 5 rings (SSSR count). The average Bonchev–Trinajstić information content (AvgIpc) is 3.40. The smallest absolute Gasteiger partial charge is 0.406 e. The van der Waals surface area contributed by atoms with Gasteiger partial charge in [-0.25, -0.2) is 0 Å². The first kappa shape index (κ1) is 29.8. The van der Waals surface area contributed by atoms with Gasteiger partial charge in [-0.3, -0.25) is 14.6 Å². The number of nitrogens with one attached hydrogen (secondary N) is 2. The van der Waals surface area contributed by atoms with Gasteiger partial charge >= 0.3 is 6.36 Å². The highest BCUT2D eigenvalue weighted by Gasteiger charge is 2.31. The Labute approximate surface area is 248 Å². The number of hydrogen-bond acceptors (Lipinski definition) is 10. The van der Waals surface area contributed by atoms with E-state index in [1.807, 2.05) is 6.07 Å². The molecule has 11 nitrogen and oxygen atoms in total. The van der Waals surface area contributed by atoms with Gasteiger partial charge < -0.3 is 20.3 Å². The summed E-state index contributed by atoms with van der Waals surface area (Å²) in [6.07, 6.45) is -0.546. The fraction of sp³-hybridized carbons (Fsp3) is 0.321. The van der Waals surface area contributed by atoms with Crippen LogP contribution in [0.2, 0.25) is 0 Å². The molecule has 15 heteroatoms. The molecule has 0 radical (unpaired) electrons. The van der Waals surface area contributed by atoms with Crippen molar-refractivity contribution in [3.63, 3.8) is 0 Å². The Morgan fingerprint density at radius 2 is 1.74 bits per heavy atom. The topological polar surface area (TPSA) is 135 Å². The lowest BCUT2D eigenvalue weighted by molar-refractivity contribution is -0.274. The fourth-order valence-electron chi connectivity index (χ4n) is 4.62. The number of nitrogens with zero attached hydrogens (tertiary/aromatic N) is 6. The Balaban J connectivity index is 1.05. The van der Waals surface area contributed by atoms with E-state index in [1.54, 1.807) is 30.5 Å².